The van der Waals surface area contributed by atoms with E-state index in [1.165, 1.54) is 43.3 Å². The zero-order valence-corrected chi connectivity index (χ0v) is 37.4. The van der Waals surface area contributed by atoms with E-state index in [9.17, 15) is 0 Å². The topological polar surface area (TPSA) is 38.9 Å². The van der Waals surface area contributed by atoms with Crippen LogP contribution in [0.1, 0.15) is 25.3 Å². The number of nitrogens with zero attached hydrogens (tertiary/aromatic N) is 2. The average molecular weight is 978 g/mol. The van der Waals surface area contributed by atoms with E-state index in [-0.39, 0.29) is 20.1 Å². The van der Waals surface area contributed by atoms with Gasteiger partial charge < -0.3 is 9.40 Å². The molecule has 0 saturated heterocycles. The Kier molecular flexibility index (Phi) is 12.2. The van der Waals surface area contributed by atoms with Crippen LogP contribution >= 0.6 is 0 Å². The number of pyridine rings is 2. The minimum absolute atomic E-state index is 0. The minimum atomic E-state index is -1.79. The van der Waals surface area contributed by atoms with Crippen LogP contribution in [0.25, 0.3) is 77.8 Å². The average Bonchev–Trinajstić information content (AvgIpc) is 3.62. The Morgan fingerprint density at radius 1 is 0.526 bits per heavy atom. The zero-order valence-electron chi connectivity index (χ0n) is 32.9. The molecule has 0 aliphatic carbocycles. The molecule has 0 fully saturated rings. The molecule has 57 heavy (non-hydrogen) atoms. The Morgan fingerprint density at radius 3 is 1.77 bits per heavy atom. The van der Waals surface area contributed by atoms with Crippen LogP contribution in [0.2, 0.25) is 17.3 Å². The van der Waals surface area contributed by atoms with Crippen LogP contribution in [0.3, 0.4) is 0 Å². The van der Waals surface area contributed by atoms with Crippen molar-refractivity contribution >= 4 is 39.6 Å². The van der Waals surface area contributed by atoms with Crippen LogP contribution in [0.4, 0.5) is 0 Å². The van der Waals surface area contributed by atoms with Crippen LogP contribution < -0.4 is 4.40 Å². The van der Waals surface area contributed by atoms with Crippen molar-refractivity contribution in [1.29, 1.82) is 0 Å². The van der Waals surface area contributed by atoms with Gasteiger partial charge in [-0.15, -0.1) is 23.8 Å². The molecular weight excluding hydrogens is 933 g/mol. The molecule has 0 atom stereocenters. The van der Waals surface area contributed by atoms with Crippen LogP contribution in [-0.4, -0.2) is 23.2 Å². The molecule has 0 spiro atoms. The van der Waals surface area contributed by atoms with Crippen molar-refractivity contribution in [2.24, 2.45) is 0 Å². The van der Waals surface area contributed by atoms with Gasteiger partial charge in [0.2, 0.25) is 0 Å². The fraction of sp³-hybridized carbons (Fsp3) is 0.115. The van der Waals surface area contributed by atoms with Gasteiger partial charge in [0.05, 0.1) is 5.58 Å². The van der Waals surface area contributed by atoms with Gasteiger partial charge in [0.15, 0.2) is 0 Å². The number of fused-ring (bicyclic) bond motifs is 3. The first-order valence-corrected chi connectivity index (χ1v) is 26.6. The van der Waals surface area contributed by atoms with Crippen molar-refractivity contribution in [2.45, 2.75) is 37.0 Å². The summed E-state index contributed by atoms with van der Waals surface area (Å²) < 4.78 is 7.55. The first-order chi connectivity index (χ1) is 27.2. The zero-order chi connectivity index (χ0) is 38.6. The molecule has 3 aromatic heterocycles. The van der Waals surface area contributed by atoms with Crippen LogP contribution in [0.5, 0.6) is 0 Å². The second kappa shape index (κ2) is 17.4. The normalized spacial score (nSPS) is 11.3. The van der Waals surface area contributed by atoms with E-state index in [2.05, 4.69) is 193 Å². The Morgan fingerprint density at radius 2 is 1.12 bits per heavy atom. The maximum absolute atomic E-state index is 6.12. The van der Waals surface area contributed by atoms with Gasteiger partial charge in [0, 0.05) is 31.7 Å². The van der Waals surface area contributed by atoms with E-state index in [0.29, 0.717) is 5.92 Å². The molecule has 6 aromatic carbocycles. The van der Waals surface area contributed by atoms with Crippen molar-refractivity contribution < 1.29 is 24.5 Å². The van der Waals surface area contributed by atoms with E-state index in [0.717, 1.165) is 44.5 Å². The molecule has 0 bridgehead atoms. The summed E-state index contributed by atoms with van der Waals surface area (Å²) in [6.07, 6.45) is 3.94. The molecule has 3 nitrogen and oxygen atoms in total. The molecule has 9 aromatic rings. The van der Waals surface area contributed by atoms with Crippen LogP contribution in [0.15, 0.2) is 175 Å². The van der Waals surface area contributed by atoms with Crippen molar-refractivity contribution in [1.82, 2.24) is 9.97 Å². The van der Waals surface area contributed by atoms with Gasteiger partial charge in [0.1, 0.15) is 5.58 Å². The smallest absolute Gasteiger partial charge is 0 e. The molecule has 0 aliphatic heterocycles. The molecule has 0 amide bonds. The Bertz CT molecular complexity index is 2730. The van der Waals surface area contributed by atoms with E-state index in [1.54, 1.807) is 0 Å². The summed E-state index contributed by atoms with van der Waals surface area (Å²) in [4.78, 5) is 9.27. The molecule has 3 heterocycles. The molecule has 283 valence electrons. The Balaban J connectivity index is 0.000000188. The Hall–Kier alpha value is -5.39. The van der Waals surface area contributed by atoms with Crippen molar-refractivity contribution in [3.63, 3.8) is 0 Å². The second-order valence-corrected chi connectivity index (χ2v) is 26.2. The number of benzene rings is 6. The third kappa shape index (κ3) is 9.11. The van der Waals surface area contributed by atoms with Gasteiger partial charge in [-0.3, -0.25) is 0 Å². The molecule has 0 aliphatic rings. The molecule has 0 N–H and O–H groups in total. The quantitative estimate of drug-likeness (QED) is 0.118. The molecule has 1 radical (unpaired) electrons. The first kappa shape index (κ1) is 39.8. The predicted octanol–water partition coefficient (Wildman–Crippen LogP) is 13.7. The maximum atomic E-state index is 6.12. The molecule has 9 rings (SSSR count). The fourth-order valence-electron chi connectivity index (χ4n) is 6.91. The molecule has 0 unspecified atom stereocenters. The summed E-state index contributed by atoms with van der Waals surface area (Å²) in [6.45, 7) is 4.40. The molecule has 0 saturated carbocycles. The maximum Gasteiger partial charge on any atom is 0 e. The van der Waals surface area contributed by atoms with Gasteiger partial charge in [-0.05, 0) is 52.1 Å². The van der Waals surface area contributed by atoms with Gasteiger partial charge in [-0.1, -0.05) is 91.5 Å². The number of aromatic nitrogens is 2. The van der Waals surface area contributed by atoms with Crippen LogP contribution in [0, 0.1) is 12.1 Å². The predicted molar refractivity (Wildman–Crippen MR) is 238 cm³/mol. The third-order valence-corrected chi connectivity index (χ3v) is 14.5. The van der Waals surface area contributed by atoms with E-state index in [4.69, 9.17) is 4.42 Å². The Labute approximate surface area is 352 Å². The van der Waals surface area contributed by atoms with Crippen molar-refractivity contribution in [2.75, 3.05) is 0 Å². The van der Waals surface area contributed by atoms with E-state index < -0.39 is 13.3 Å². The number of hydrogen-bond donors (Lipinski definition) is 0. The molecular formula is C52H44GeIrN2O-2. The van der Waals surface area contributed by atoms with Crippen molar-refractivity contribution in [3.8, 4) is 55.9 Å². The fourth-order valence-corrected chi connectivity index (χ4v) is 9.08. The van der Waals surface area contributed by atoms with Gasteiger partial charge in [-0.25, -0.2) is 0 Å². The van der Waals surface area contributed by atoms with Gasteiger partial charge >= 0.3 is 135 Å². The largest absolute Gasteiger partial charge is 0 e. The summed E-state index contributed by atoms with van der Waals surface area (Å²) in [5.74, 6) is 7.62. The minimum Gasteiger partial charge on any atom is 0 e. The second-order valence-electron chi connectivity index (χ2n) is 15.5. The molecule has 5 heteroatoms. The summed E-state index contributed by atoms with van der Waals surface area (Å²) in [7, 11) is 0. The summed E-state index contributed by atoms with van der Waals surface area (Å²) in [6, 6.07) is 61.6. The van der Waals surface area contributed by atoms with Crippen LogP contribution in [-0.2, 0) is 20.1 Å². The number of rotatable bonds is 7. The van der Waals surface area contributed by atoms with E-state index in [1.807, 2.05) is 30.5 Å². The monoisotopic (exact) mass is 979 g/mol. The van der Waals surface area contributed by atoms with Gasteiger partial charge in [-0.2, -0.15) is 0 Å². The number of hydrogen-bond acceptors (Lipinski definition) is 3. The van der Waals surface area contributed by atoms with Crippen molar-refractivity contribution in [3.05, 3.63) is 188 Å². The number of furan rings is 1. The van der Waals surface area contributed by atoms with Gasteiger partial charge in [0.25, 0.3) is 0 Å². The summed E-state index contributed by atoms with van der Waals surface area (Å²) in [5.41, 5.74) is 14.2. The SMILES string of the molecule is CC(C)c1ccnc(-c2[c-]cc3oc4ccc(-c5ccc(-c6ccccc6)cc5)cc4c3c2)c1.[CH3][Ge]([CH3])([CH3])[c]1ccc(-c2[c-]ccc(-c3ccccc3)c2)nc1.[Ir]. The van der Waals surface area contributed by atoms with E-state index >= 15 is 0 Å². The summed E-state index contributed by atoms with van der Waals surface area (Å²) in [5, 5.41) is 2.19. The standard InChI is InChI=1S/C32H24NO.C20H20GeN.Ir/c1-21(2)25-16-17-33-30(20-25)27-13-15-32-29(19-27)28-18-26(12-14-31(28)34-32)24-10-8-23(9-11-24)22-6-4-3-5-7-22;1-21(2,3)19-12-13-20(22-15-19)18-11-7-10-17(14-18)16-8-5-4-6-9-16;/h3-12,14-21H,1-2H3;4-10,12-15H,1-3H3;/q2*-1;. The third-order valence-electron chi connectivity index (χ3n) is 10.3. The summed E-state index contributed by atoms with van der Waals surface area (Å²) >= 11 is -1.79. The first-order valence-electron chi connectivity index (χ1n) is 19.2.